The number of rotatable bonds is 8. The van der Waals surface area contributed by atoms with Gasteiger partial charge in [-0.3, -0.25) is 9.59 Å². The maximum absolute atomic E-state index is 12.8. The van der Waals surface area contributed by atoms with E-state index < -0.39 is 21.1 Å². The predicted octanol–water partition coefficient (Wildman–Crippen LogP) is 2.82. The first-order chi connectivity index (χ1) is 12.3. The number of hydrogen-bond acceptors (Lipinski definition) is 5. The van der Waals surface area contributed by atoms with Crippen LogP contribution in [-0.4, -0.2) is 53.9 Å². The monoisotopic (exact) mass is 399 g/mol. The molecule has 144 valence electrons. The molecule has 2 atom stereocenters. The summed E-state index contributed by atoms with van der Waals surface area (Å²) in [5.74, 6) is -0.979. The Morgan fingerprint density at radius 2 is 2.04 bits per heavy atom. The van der Waals surface area contributed by atoms with E-state index in [0.29, 0.717) is 24.3 Å². The molecule has 1 saturated heterocycles. The number of carbonyl (C=O) groups excluding carboxylic acids is 1. The average molecular weight is 400 g/mol. The van der Waals surface area contributed by atoms with Crippen LogP contribution in [-0.2, 0) is 19.4 Å². The molecule has 0 saturated carbocycles. The molecule has 0 bridgehead atoms. The SMILES string of the molecule is CCCS(=O)(=O)c1ccccc1SC(C)C(=O)N1CCCC1CC(=O)O. The standard InChI is InChI=1S/C18H25NO5S2/c1-3-11-26(23,24)16-9-5-4-8-15(16)25-13(2)18(22)19-10-6-7-14(19)12-17(20)21/h4-5,8-9,13-14H,3,6-7,10-12H2,1-2H3,(H,20,21). The quantitative estimate of drug-likeness (QED) is 0.676. The lowest BCUT2D eigenvalue weighted by Gasteiger charge is -2.26. The van der Waals surface area contributed by atoms with Crippen LogP contribution in [0.4, 0.5) is 0 Å². The van der Waals surface area contributed by atoms with Crippen LogP contribution in [0.1, 0.15) is 39.5 Å². The zero-order valence-corrected chi connectivity index (χ0v) is 16.7. The van der Waals surface area contributed by atoms with Crippen LogP contribution >= 0.6 is 11.8 Å². The molecule has 2 unspecified atom stereocenters. The number of thioether (sulfide) groups is 1. The van der Waals surface area contributed by atoms with Gasteiger partial charge in [-0.1, -0.05) is 19.1 Å². The number of carboxylic acid groups (broad SMARTS) is 1. The smallest absolute Gasteiger partial charge is 0.305 e. The van der Waals surface area contributed by atoms with Gasteiger partial charge in [0.15, 0.2) is 9.84 Å². The molecule has 1 aliphatic rings. The van der Waals surface area contributed by atoms with Crippen LogP contribution in [0.2, 0.25) is 0 Å². The van der Waals surface area contributed by atoms with Gasteiger partial charge in [-0.05, 0) is 38.3 Å². The molecular weight excluding hydrogens is 374 g/mol. The van der Waals surface area contributed by atoms with Gasteiger partial charge in [-0.25, -0.2) is 8.42 Å². The van der Waals surface area contributed by atoms with Crippen molar-refractivity contribution in [2.45, 2.75) is 60.6 Å². The normalized spacial score (nSPS) is 18.7. The summed E-state index contributed by atoms with van der Waals surface area (Å²) in [5, 5.41) is 8.53. The lowest BCUT2D eigenvalue weighted by atomic mass is 10.1. The minimum absolute atomic E-state index is 0.0510. The minimum Gasteiger partial charge on any atom is -0.481 e. The first-order valence-electron chi connectivity index (χ1n) is 8.77. The Labute approximate surface area is 158 Å². The second-order valence-electron chi connectivity index (χ2n) is 6.45. The maximum atomic E-state index is 12.8. The molecule has 1 aromatic rings. The van der Waals surface area contributed by atoms with Crippen LogP contribution < -0.4 is 0 Å². The van der Waals surface area contributed by atoms with E-state index in [0.717, 1.165) is 6.42 Å². The van der Waals surface area contributed by atoms with E-state index in [2.05, 4.69) is 0 Å². The number of hydrogen-bond donors (Lipinski definition) is 1. The summed E-state index contributed by atoms with van der Waals surface area (Å²) in [4.78, 5) is 26.2. The Balaban J connectivity index is 2.16. The zero-order valence-electron chi connectivity index (χ0n) is 15.1. The number of nitrogens with zero attached hydrogens (tertiary/aromatic N) is 1. The Kier molecular flexibility index (Phi) is 7.11. The zero-order chi connectivity index (χ0) is 19.3. The van der Waals surface area contributed by atoms with Crippen molar-refractivity contribution in [2.24, 2.45) is 0 Å². The largest absolute Gasteiger partial charge is 0.481 e. The Hall–Kier alpha value is -1.54. The van der Waals surface area contributed by atoms with Gasteiger partial charge >= 0.3 is 5.97 Å². The molecule has 0 radical (unpaired) electrons. The van der Waals surface area contributed by atoms with Gasteiger partial charge in [0.2, 0.25) is 5.91 Å². The van der Waals surface area contributed by atoms with Crippen LogP contribution in [0.3, 0.4) is 0 Å². The van der Waals surface area contributed by atoms with Crippen molar-refractivity contribution in [1.82, 2.24) is 4.90 Å². The van der Waals surface area contributed by atoms with E-state index in [-0.39, 0.29) is 29.0 Å². The van der Waals surface area contributed by atoms with Crippen LogP contribution in [0.15, 0.2) is 34.1 Å². The average Bonchev–Trinajstić information content (AvgIpc) is 3.01. The molecule has 26 heavy (non-hydrogen) atoms. The third-order valence-electron chi connectivity index (χ3n) is 4.38. The highest BCUT2D eigenvalue weighted by Gasteiger charge is 2.33. The van der Waals surface area contributed by atoms with Crippen LogP contribution in [0.5, 0.6) is 0 Å². The molecule has 2 rings (SSSR count). The number of amides is 1. The summed E-state index contributed by atoms with van der Waals surface area (Å²) in [6.45, 7) is 4.11. The molecule has 1 aliphatic heterocycles. The molecule has 1 N–H and O–H groups in total. The fourth-order valence-electron chi connectivity index (χ4n) is 3.20. The van der Waals surface area contributed by atoms with Crippen molar-refractivity contribution in [3.63, 3.8) is 0 Å². The van der Waals surface area contributed by atoms with Crippen molar-refractivity contribution in [3.05, 3.63) is 24.3 Å². The van der Waals surface area contributed by atoms with E-state index in [4.69, 9.17) is 5.11 Å². The van der Waals surface area contributed by atoms with Crippen molar-refractivity contribution in [1.29, 1.82) is 0 Å². The van der Waals surface area contributed by atoms with Gasteiger partial charge in [0.1, 0.15) is 0 Å². The van der Waals surface area contributed by atoms with Gasteiger partial charge < -0.3 is 10.0 Å². The third kappa shape index (κ3) is 5.01. The summed E-state index contributed by atoms with van der Waals surface area (Å²) >= 11 is 1.22. The summed E-state index contributed by atoms with van der Waals surface area (Å²) in [5.41, 5.74) is 0. The minimum atomic E-state index is -3.38. The fourth-order valence-corrected chi connectivity index (χ4v) is 6.10. The molecule has 8 heteroatoms. The predicted molar refractivity (Wildman–Crippen MR) is 101 cm³/mol. The van der Waals surface area contributed by atoms with Crippen molar-refractivity contribution in [2.75, 3.05) is 12.3 Å². The van der Waals surface area contributed by atoms with E-state index in [1.165, 1.54) is 11.8 Å². The molecule has 1 aromatic carbocycles. The second-order valence-corrected chi connectivity index (χ2v) is 9.91. The van der Waals surface area contributed by atoms with Gasteiger partial charge in [-0.2, -0.15) is 0 Å². The third-order valence-corrected chi connectivity index (χ3v) is 7.65. The first-order valence-corrected chi connectivity index (χ1v) is 11.3. The second kappa shape index (κ2) is 8.90. The Morgan fingerprint density at radius 3 is 2.69 bits per heavy atom. The molecule has 1 amide bonds. The van der Waals surface area contributed by atoms with Crippen LogP contribution in [0, 0.1) is 0 Å². The van der Waals surface area contributed by atoms with E-state index >= 15 is 0 Å². The number of carboxylic acids is 1. The fraction of sp³-hybridized carbons (Fsp3) is 0.556. The van der Waals surface area contributed by atoms with Gasteiger partial charge in [0, 0.05) is 17.5 Å². The summed E-state index contributed by atoms with van der Waals surface area (Å²) < 4.78 is 24.9. The molecule has 0 spiro atoms. The Bertz CT molecular complexity index is 763. The molecular formula is C18H25NO5S2. The van der Waals surface area contributed by atoms with Gasteiger partial charge in [0.05, 0.1) is 22.3 Å². The van der Waals surface area contributed by atoms with Gasteiger partial charge in [0.25, 0.3) is 0 Å². The molecule has 6 nitrogen and oxygen atoms in total. The van der Waals surface area contributed by atoms with E-state index in [9.17, 15) is 18.0 Å². The number of carbonyl (C=O) groups is 2. The maximum Gasteiger partial charge on any atom is 0.305 e. The highest BCUT2D eigenvalue weighted by Crippen LogP contribution is 2.33. The molecule has 0 aliphatic carbocycles. The summed E-state index contributed by atoms with van der Waals surface area (Å²) in [6, 6.07) is 6.46. The Morgan fingerprint density at radius 1 is 1.35 bits per heavy atom. The summed E-state index contributed by atoms with van der Waals surface area (Å²) in [7, 11) is -3.38. The van der Waals surface area contributed by atoms with E-state index in [1.807, 2.05) is 6.92 Å². The van der Waals surface area contributed by atoms with Crippen molar-refractivity contribution in [3.8, 4) is 0 Å². The van der Waals surface area contributed by atoms with E-state index in [1.54, 1.807) is 36.1 Å². The molecule has 1 fully saturated rings. The highest BCUT2D eigenvalue weighted by atomic mass is 32.2. The number of likely N-dealkylation sites (tertiary alicyclic amines) is 1. The lowest BCUT2D eigenvalue weighted by Crippen LogP contribution is -2.41. The number of sulfone groups is 1. The first kappa shape index (κ1) is 20.8. The molecule has 1 heterocycles. The molecule has 0 aromatic heterocycles. The van der Waals surface area contributed by atoms with Crippen molar-refractivity contribution < 1.29 is 23.1 Å². The topological polar surface area (TPSA) is 91.8 Å². The van der Waals surface area contributed by atoms with Crippen LogP contribution in [0.25, 0.3) is 0 Å². The lowest BCUT2D eigenvalue weighted by molar-refractivity contribution is -0.139. The van der Waals surface area contributed by atoms with Gasteiger partial charge in [-0.15, -0.1) is 11.8 Å². The number of benzene rings is 1. The highest BCUT2D eigenvalue weighted by molar-refractivity contribution is 8.01. The summed E-state index contributed by atoms with van der Waals surface area (Å²) in [6.07, 6.45) is 1.96. The van der Waals surface area contributed by atoms with Crippen molar-refractivity contribution >= 4 is 33.5 Å². The number of aliphatic carboxylic acids is 1.